The molecule has 0 aliphatic carbocycles. The van der Waals surface area contributed by atoms with Gasteiger partial charge in [-0.3, -0.25) is 4.79 Å². The van der Waals surface area contributed by atoms with Crippen LogP contribution in [0.3, 0.4) is 0 Å². The first-order chi connectivity index (χ1) is 9.58. The van der Waals surface area contributed by atoms with Crippen LogP contribution in [0.15, 0.2) is 27.4 Å². The number of hydrogen-bond acceptors (Lipinski definition) is 4. The average Bonchev–Trinajstić information content (AvgIpc) is 3.04. The van der Waals surface area contributed by atoms with Crippen LogP contribution in [0.1, 0.15) is 26.2 Å². The number of rotatable bonds is 2. The van der Waals surface area contributed by atoms with E-state index in [2.05, 4.69) is 15.9 Å². The zero-order valence-corrected chi connectivity index (χ0v) is 13.4. The van der Waals surface area contributed by atoms with E-state index < -0.39 is 12.0 Å². The minimum absolute atomic E-state index is 0.218. The summed E-state index contributed by atoms with van der Waals surface area (Å²) in [5.41, 5.74) is 0.748. The van der Waals surface area contributed by atoms with Crippen molar-refractivity contribution >= 4 is 50.5 Å². The highest BCUT2D eigenvalue weighted by Gasteiger charge is 2.37. The number of carbonyl (C=O) groups excluding carboxylic acids is 1. The molecule has 2 aromatic rings. The van der Waals surface area contributed by atoms with Crippen LogP contribution in [0.2, 0.25) is 0 Å². The standard InChI is InChI=1S/C13H10BrNO3S2/c14-10-2-1-9(20-10)12(16)15-5-3-8-7(4-6-19-8)11(15)13(17)18/h1-2,4,6,11H,3,5H2,(H,17,18). The van der Waals surface area contributed by atoms with Gasteiger partial charge < -0.3 is 10.0 Å². The van der Waals surface area contributed by atoms with Crippen molar-refractivity contribution in [3.63, 3.8) is 0 Å². The Bertz CT molecular complexity index is 679. The van der Waals surface area contributed by atoms with Crippen molar-refractivity contribution in [3.05, 3.63) is 42.7 Å². The Labute approximate surface area is 131 Å². The predicted molar refractivity (Wildman–Crippen MR) is 81.5 cm³/mol. The Kier molecular flexibility index (Phi) is 3.66. The van der Waals surface area contributed by atoms with Gasteiger partial charge in [0, 0.05) is 11.4 Å². The summed E-state index contributed by atoms with van der Waals surface area (Å²) in [4.78, 5) is 27.2. The third kappa shape index (κ3) is 2.30. The first-order valence-corrected chi connectivity index (χ1v) is 8.42. The normalized spacial score (nSPS) is 17.9. The molecule has 3 rings (SSSR count). The molecule has 20 heavy (non-hydrogen) atoms. The Hall–Kier alpha value is -1.18. The maximum Gasteiger partial charge on any atom is 0.331 e. The van der Waals surface area contributed by atoms with Gasteiger partial charge in [-0.15, -0.1) is 22.7 Å². The third-order valence-electron chi connectivity index (χ3n) is 3.24. The number of carbonyl (C=O) groups is 2. The van der Waals surface area contributed by atoms with E-state index in [1.807, 2.05) is 11.4 Å². The molecule has 104 valence electrons. The van der Waals surface area contributed by atoms with E-state index in [0.717, 1.165) is 20.6 Å². The van der Waals surface area contributed by atoms with Crippen LogP contribution >= 0.6 is 38.6 Å². The fourth-order valence-corrected chi connectivity index (χ4v) is 4.62. The quantitative estimate of drug-likeness (QED) is 0.879. The van der Waals surface area contributed by atoms with E-state index in [1.54, 1.807) is 23.5 Å². The second kappa shape index (κ2) is 5.31. The highest BCUT2D eigenvalue weighted by molar-refractivity contribution is 9.11. The molecule has 4 nitrogen and oxygen atoms in total. The molecule has 0 spiro atoms. The molecular weight excluding hydrogens is 362 g/mol. The van der Waals surface area contributed by atoms with Gasteiger partial charge in [0.15, 0.2) is 6.04 Å². The van der Waals surface area contributed by atoms with Crippen LogP contribution in [0, 0.1) is 0 Å². The number of thiophene rings is 2. The lowest BCUT2D eigenvalue weighted by molar-refractivity contribution is -0.142. The highest BCUT2D eigenvalue weighted by atomic mass is 79.9. The molecule has 0 fully saturated rings. The smallest absolute Gasteiger partial charge is 0.331 e. The van der Waals surface area contributed by atoms with Crippen molar-refractivity contribution < 1.29 is 14.7 Å². The molecule has 0 aromatic carbocycles. The molecule has 1 unspecified atom stereocenters. The summed E-state index contributed by atoms with van der Waals surface area (Å²) in [5.74, 6) is -1.20. The molecule has 0 radical (unpaired) electrons. The van der Waals surface area contributed by atoms with E-state index in [4.69, 9.17) is 0 Å². The van der Waals surface area contributed by atoms with Crippen molar-refractivity contribution in [2.75, 3.05) is 6.54 Å². The van der Waals surface area contributed by atoms with Crippen molar-refractivity contribution in [2.45, 2.75) is 12.5 Å². The van der Waals surface area contributed by atoms with Crippen LogP contribution in [0.4, 0.5) is 0 Å². The van der Waals surface area contributed by atoms with Crippen LogP contribution < -0.4 is 0 Å². The third-order valence-corrected chi connectivity index (χ3v) is 5.85. The second-order valence-electron chi connectivity index (χ2n) is 4.39. The Morgan fingerprint density at radius 2 is 2.15 bits per heavy atom. The summed E-state index contributed by atoms with van der Waals surface area (Å²) in [6, 6.07) is 4.45. The van der Waals surface area contributed by atoms with Crippen molar-refractivity contribution in [1.29, 1.82) is 0 Å². The van der Waals surface area contributed by atoms with Gasteiger partial charge in [0.2, 0.25) is 0 Å². The Morgan fingerprint density at radius 1 is 1.35 bits per heavy atom. The minimum Gasteiger partial charge on any atom is -0.479 e. The van der Waals surface area contributed by atoms with E-state index in [-0.39, 0.29) is 5.91 Å². The van der Waals surface area contributed by atoms with Gasteiger partial charge in [-0.1, -0.05) is 0 Å². The summed E-state index contributed by atoms with van der Waals surface area (Å²) in [7, 11) is 0. The van der Waals surface area contributed by atoms with Crippen molar-refractivity contribution in [2.24, 2.45) is 0 Å². The number of fused-ring (bicyclic) bond motifs is 1. The first kappa shape index (κ1) is 13.8. The van der Waals surface area contributed by atoms with Gasteiger partial charge in [0.1, 0.15) is 0 Å². The molecule has 1 aliphatic heterocycles. The maximum atomic E-state index is 12.5. The van der Waals surface area contributed by atoms with E-state index in [0.29, 0.717) is 11.4 Å². The summed E-state index contributed by atoms with van der Waals surface area (Å²) in [6.45, 7) is 0.443. The van der Waals surface area contributed by atoms with Crippen LogP contribution in [0.25, 0.3) is 0 Å². The number of hydrogen-bond donors (Lipinski definition) is 1. The highest BCUT2D eigenvalue weighted by Crippen LogP contribution is 2.35. The zero-order valence-electron chi connectivity index (χ0n) is 10.2. The van der Waals surface area contributed by atoms with E-state index in [9.17, 15) is 14.7 Å². The van der Waals surface area contributed by atoms with E-state index in [1.165, 1.54) is 16.2 Å². The molecule has 0 bridgehead atoms. The Morgan fingerprint density at radius 3 is 2.80 bits per heavy atom. The molecule has 1 atom stereocenters. The fraction of sp³-hybridized carbons (Fsp3) is 0.231. The first-order valence-electron chi connectivity index (χ1n) is 5.93. The zero-order chi connectivity index (χ0) is 14.3. The number of nitrogens with zero attached hydrogens (tertiary/aromatic N) is 1. The summed E-state index contributed by atoms with van der Waals surface area (Å²) < 4.78 is 0.862. The molecule has 1 aliphatic rings. The topological polar surface area (TPSA) is 57.6 Å². The van der Waals surface area contributed by atoms with Crippen molar-refractivity contribution in [1.82, 2.24) is 4.90 Å². The van der Waals surface area contributed by atoms with Gasteiger partial charge in [0.25, 0.3) is 5.91 Å². The molecule has 2 aromatic heterocycles. The summed E-state index contributed by atoms with van der Waals surface area (Å²) in [6.07, 6.45) is 0.717. The predicted octanol–water partition coefficient (Wildman–Crippen LogP) is 3.40. The van der Waals surface area contributed by atoms with E-state index >= 15 is 0 Å². The van der Waals surface area contributed by atoms with Crippen molar-refractivity contribution in [3.8, 4) is 0 Å². The Balaban J connectivity index is 1.97. The fourth-order valence-electron chi connectivity index (χ4n) is 2.37. The molecule has 0 saturated heterocycles. The SMILES string of the molecule is O=C(O)C1c2ccsc2CCN1C(=O)c1ccc(Br)s1. The van der Waals surface area contributed by atoms with Gasteiger partial charge in [0.05, 0.1) is 8.66 Å². The number of aliphatic carboxylic acids is 1. The average molecular weight is 372 g/mol. The monoisotopic (exact) mass is 371 g/mol. The van der Waals surface area contributed by atoms with Crippen LogP contribution in [0.5, 0.6) is 0 Å². The van der Waals surface area contributed by atoms with Gasteiger partial charge in [-0.25, -0.2) is 4.79 Å². The number of halogens is 1. The van der Waals surface area contributed by atoms with Gasteiger partial charge >= 0.3 is 5.97 Å². The molecule has 1 N–H and O–H groups in total. The molecule has 0 saturated carbocycles. The molecule has 3 heterocycles. The number of amides is 1. The maximum absolute atomic E-state index is 12.5. The lowest BCUT2D eigenvalue weighted by Gasteiger charge is -2.32. The van der Waals surface area contributed by atoms with Gasteiger partial charge in [-0.2, -0.15) is 0 Å². The van der Waals surface area contributed by atoms with Crippen LogP contribution in [-0.2, 0) is 11.2 Å². The lowest BCUT2D eigenvalue weighted by Crippen LogP contribution is -2.42. The number of carboxylic acids is 1. The van der Waals surface area contributed by atoms with Crippen LogP contribution in [-0.4, -0.2) is 28.4 Å². The summed E-state index contributed by atoms with van der Waals surface area (Å²) >= 11 is 6.20. The molecule has 7 heteroatoms. The van der Waals surface area contributed by atoms with Gasteiger partial charge in [-0.05, 0) is 51.5 Å². The second-order valence-corrected chi connectivity index (χ2v) is 7.86. The number of carboxylic acid groups (broad SMARTS) is 1. The molecule has 1 amide bonds. The summed E-state index contributed by atoms with van der Waals surface area (Å²) in [5, 5.41) is 11.4. The largest absolute Gasteiger partial charge is 0.479 e. The lowest BCUT2D eigenvalue weighted by atomic mass is 10.00. The minimum atomic E-state index is -0.978. The molecular formula is C13H10BrNO3S2.